The van der Waals surface area contributed by atoms with E-state index < -0.39 is 29.9 Å². The van der Waals surface area contributed by atoms with Crippen molar-refractivity contribution in [2.45, 2.75) is 19.0 Å². The molecule has 186 valence electrons. The minimum atomic E-state index is -4.91. The van der Waals surface area contributed by atoms with Crippen molar-refractivity contribution in [3.05, 3.63) is 95.1 Å². The minimum absolute atomic E-state index is 0.00150. The number of nitrogens with two attached hydrogens (primary N) is 1. The molecule has 2 N–H and O–H groups in total. The van der Waals surface area contributed by atoms with Gasteiger partial charge in [0.2, 0.25) is 0 Å². The second-order valence-corrected chi connectivity index (χ2v) is 7.30. The molecule has 0 heterocycles. The van der Waals surface area contributed by atoms with Crippen LogP contribution in [-0.4, -0.2) is 18.1 Å². The number of nitrogens with zero attached hydrogens (tertiary/aromatic N) is 3. The second-order valence-electron chi connectivity index (χ2n) is 7.30. The Hall–Kier alpha value is -4.53. The van der Waals surface area contributed by atoms with Crippen molar-refractivity contribution in [1.29, 1.82) is 5.26 Å². The molecular weight excluding hydrogens is 490 g/mol. The van der Waals surface area contributed by atoms with Crippen LogP contribution in [0, 0.1) is 11.3 Å². The van der Waals surface area contributed by atoms with Gasteiger partial charge in [-0.1, -0.05) is 24.3 Å². The van der Waals surface area contributed by atoms with Crippen LogP contribution in [0.2, 0.25) is 0 Å². The van der Waals surface area contributed by atoms with Gasteiger partial charge in [-0.15, -0.1) is 13.2 Å². The summed E-state index contributed by atoms with van der Waals surface area (Å²) >= 11 is 0. The molecule has 12 heteroatoms. The first-order valence-corrected chi connectivity index (χ1v) is 10.1. The molecule has 0 fully saturated rings. The highest BCUT2D eigenvalue weighted by atomic mass is 19.4. The van der Waals surface area contributed by atoms with Crippen LogP contribution in [-0.2, 0) is 12.6 Å². The van der Waals surface area contributed by atoms with Crippen molar-refractivity contribution in [2.75, 3.05) is 5.01 Å². The topological polar surface area (TPSA) is 91.7 Å². The molecule has 0 aliphatic rings. The SMILES string of the molecule is N#Cc1cccc(C(Cc2ccc(C(F)(F)F)cc2)=NN(C(N)=O)c2ccc(OC(F)(F)F)cc2)c1. The van der Waals surface area contributed by atoms with Gasteiger partial charge in [0.1, 0.15) is 5.75 Å². The summed E-state index contributed by atoms with van der Waals surface area (Å²) in [7, 11) is 0. The molecular formula is C24H16F6N4O2. The maximum Gasteiger partial charge on any atom is 0.573 e. The Morgan fingerprint density at radius 3 is 2.14 bits per heavy atom. The van der Waals surface area contributed by atoms with Gasteiger partial charge in [0.25, 0.3) is 0 Å². The summed E-state index contributed by atoms with van der Waals surface area (Å²) in [6, 6.07) is 15.4. The number of anilines is 1. The van der Waals surface area contributed by atoms with Gasteiger partial charge in [0.05, 0.1) is 28.6 Å². The van der Waals surface area contributed by atoms with Crippen molar-refractivity contribution >= 4 is 17.4 Å². The second kappa shape index (κ2) is 10.4. The third kappa shape index (κ3) is 6.99. The van der Waals surface area contributed by atoms with E-state index in [0.29, 0.717) is 11.1 Å². The number of amides is 2. The lowest BCUT2D eigenvalue weighted by Crippen LogP contribution is -2.32. The van der Waals surface area contributed by atoms with Gasteiger partial charge in [-0.2, -0.15) is 28.5 Å². The number of carbonyl (C=O) groups excluding carboxylic acids is 1. The van der Waals surface area contributed by atoms with Crippen LogP contribution in [0.25, 0.3) is 0 Å². The number of alkyl halides is 6. The van der Waals surface area contributed by atoms with Crippen LogP contribution in [0.3, 0.4) is 0 Å². The molecule has 0 unspecified atom stereocenters. The highest BCUT2D eigenvalue weighted by Gasteiger charge is 2.31. The number of hydrazone groups is 1. The highest BCUT2D eigenvalue weighted by Crippen LogP contribution is 2.30. The third-order valence-electron chi connectivity index (χ3n) is 4.72. The molecule has 0 bridgehead atoms. The molecule has 3 aromatic rings. The smallest absolute Gasteiger partial charge is 0.406 e. The fraction of sp³-hybridized carbons (Fsp3) is 0.125. The van der Waals surface area contributed by atoms with Gasteiger partial charge in [-0.3, -0.25) is 0 Å². The lowest BCUT2D eigenvalue weighted by Gasteiger charge is -2.18. The zero-order chi connectivity index (χ0) is 26.5. The van der Waals surface area contributed by atoms with Gasteiger partial charge >= 0.3 is 18.6 Å². The van der Waals surface area contributed by atoms with E-state index in [0.717, 1.165) is 41.4 Å². The quantitative estimate of drug-likeness (QED) is 0.252. The summed E-state index contributed by atoms with van der Waals surface area (Å²) in [5.74, 6) is -0.536. The first-order valence-electron chi connectivity index (χ1n) is 10.1. The van der Waals surface area contributed by atoms with Crippen molar-refractivity contribution in [3.63, 3.8) is 0 Å². The van der Waals surface area contributed by atoms with E-state index in [1.807, 2.05) is 6.07 Å². The lowest BCUT2D eigenvalue weighted by atomic mass is 10.00. The number of urea groups is 1. The average Bonchev–Trinajstić information content (AvgIpc) is 2.81. The fourth-order valence-corrected chi connectivity index (χ4v) is 3.11. The molecule has 0 aliphatic carbocycles. The van der Waals surface area contributed by atoms with E-state index in [-0.39, 0.29) is 23.4 Å². The van der Waals surface area contributed by atoms with Crippen LogP contribution >= 0.6 is 0 Å². The zero-order valence-corrected chi connectivity index (χ0v) is 18.1. The van der Waals surface area contributed by atoms with Gasteiger partial charge in [-0.25, -0.2) is 4.79 Å². The summed E-state index contributed by atoms with van der Waals surface area (Å²) in [4.78, 5) is 12.2. The zero-order valence-electron chi connectivity index (χ0n) is 18.1. The van der Waals surface area contributed by atoms with Crippen molar-refractivity contribution < 1.29 is 35.9 Å². The van der Waals surface area contributed by atoms with Crippen LogP contribution < -0.4 is 15.5 Å². The van der Waals surface area contributed by atoms with Gasteiger partial charge in [0, 0.05) is 6.42 Å². The predicted molar refractivity (Wildman–Crippen MR) is 118 cm³/mol. The Kier molecular flexibility index (Phi) is 7.53. The summed E-state index contributed by atoms with van der Waals surface area (Å²) in [6.45, 7) is 0. The number of primary amides is 1. The van der Waals surface area contributed by atoms with Crippen molar-refractivity contribution in [1.82, 2.24) is 0 Å². The predicted octanol–water partition coefficient (Wildman–Crippen LogP) is 6.01. The molecule has 0 radical (unpaired) electrons. The average molecular weight is 506 g/mol. The molecule has 0 saturated heterocycles. The molecule has 6 nitrogen and oxygen atoms in total. The monoisotopic (exact) mass is 506 g/mol. The van der Waals surface area contributed by atoms with Crippen LogP contribution in [0.1, 0.15) is 22.3 Å². The first kappa shape index (κ1) is 26.1. The number of ether oxygens (including phenoxy) is 1. The Labute approximate surface area is 200 Å². The van der Waals surface area contributed by atoms with Crippen LogP contribution in [0.4, 0.5) is 36.8 Å². The van der Waals surface area contributed by atoms with E-state index in [4.69, 9.17) is 5.73 Å². The number of carbonyl (C=O) groups is 1. The van der Waals surface area contributed by atoms with E-state index in [2.05, 4.69) is 9.84 Å². The van der Waals surface area contributed by atoms with E-state index in [1.54, 1.807) is 12.1 Å². The fourth-order valence-electron chi connectivity index (χ4n) is 3.11. The number of hydrogen-bond donors (Lipinski definition) is 1. The number of benzene rings is 3. The van der Waals surface area contributed by atoms with Crippen LogP contribution in [0.5, 0.6) is 5.75 Å². The number of hydrogen-bond acceptors (Lipinski definition) is 4. The largest absolute Gasteiger partial charge is 0.573 e. The van der Waals surface area contributed by atoms with Crippen LogP contribution in [0.15, 0.2) is 77.9 Å². The molecule has 3 aromatic carbocycles. The number of nitriles is 1. The minimum Gasteiger partial charge on any atom is -0.406 e. The number of rotatable bonds is 6. The first-order chi connectivity index (χ1) is 16.9. The Bertz CT molecular complexity index is 1290. The third-order valence-corrected chi connectivity index (χ3v) is 4.72. The summed E-state index contributed by atoms with van der Waals surface area (Å²) < 4.78 is 79.8. The summed E-state index contributed by atoms with van der Waals surface area (Å²) in [5, 5.41) is 14.2. The van der Waals surface area contributed by atoms with E-state index in [1.165, 1.54) is 24.3 Å². The lowest BCUT2D eigenvalue weighted by molar-refractivity contribution is -0.274. The highest BCUT2D eigenvalue weighted by molar-refractivity contribution is 6.04. The maximum absolute atomic E-state index is 12.9. The summed E-state index contributed by atoms with van der Waals surface area (Å²) in [6.07, 6.45) is -9.50. The van der Waals surface area contributed by atoms with Crippen molar-refractivity contribution in [3.8, 4) is 11.8 Å². The van der Waals surface area contributed by atoms with Crippen molar-refractivity contribution in [2.24, 2.45) is 10.8 Å². The Morgan fingerprint density at radius 1 is 0.972 bits per heavy atom. The number of halogens is 6. The molecule has 0 atom stereocenters. The molecule has 0 aromatic heterocycles. The molecule has 2 amide bonds. The van der Waals surface area contributed by atoms with Gasteiger partial charge < -0.3 is 10.5 Å². The van der Waals surface area contributed by atoms with E-state index in [9.17, 15) is 36.4 Å². The molecule has 0 aliphatic heterocycles. The normalized spacial score (nSPS) is 12.1. The molecule has 0 spiro atoms. The van der Waals surface area contributed by atoms with Gasteiger partial charge in [0.15, 0.2) is 0 Å². The standard InChI is InChI=1S/C24H16F6N4O2/c25-23(26,27)18-6-4-15(5-7-18)13-21(17-3-1-2-16(12-17)14-31)33-34(22(32)35)19-8-10-20(11-9-19)36-24(28,29)30/h1-12H,13H2,(H2,32,35). The molecule has 0 saturated carbocycles. The van der Waals surface area contributed by atoms with Gasteiger partial charge in [-0.05, 0) is 59.7 Å². The van der Waals surface area contributed by atoms with E-state index >= 15 is 0 Å². The maximum atomic E-state index is 12.9. The Balaban J connectivity index is 2.02. The Morgan fingerprint density at radius 2 is 1.61 bits per heavy atom. The molecule has 3 rings (SSSR count). The summed E-state index contributed by atoms with van der Waals surface area (Å²) in [5.41, 5.74) is 5.78. The molecule has 36 heavy (non-hydrogen) atoms.